The predicted octanol–water partition coefficient (Wildman–Crippen LogP) is 4.42. The smallest absolute Gasteiger partial charge is 0.0952 e. The van der Waals surface area contributed by atoms with Gasteiger partial charge in [-0.1, -0.05) is 38.5 Å². The van der Waals surface area contributed by atoms with E-state index in [-0.39, 0.29) is 5.60 Å². The van der Waals surface area contributed by atoms with Crippen LogP contribution >= 0.6 is 0 Å². The molecule has 0 bridgehead atoms. The van der Waals surface area contributed by atoms with Crippen molar-refractivity contribution in [1.82, 2.24) is 4.90 Å². The molecule has 3 nitrogen and oxygen atoms in total. The number of unbranched alkanes of at least 4 members (excludes halogenated alkanes) is 7. The second-order valence-electron chi connectivity index (χ2n) is 6.65. The summed E-state index contributed by atoms with van der Waals surface area (Å²) in [6.07, 6.45) is 10.5. The molecule has 0 heterocycles. The van der Waals surface area contributed by atoms with E-state index in [0.29, 0.717) is 0 Å². The molecule has 0 N–H and O–H groups in total. The van der Waals surface area contributed by atoms with E-state index in [4.69, 9.17) is 9.78 Å². The molecular weight excluding hydrogens is 238 g/mol. The Bertz CT molecular complexity index is 188. The third kappa shape index (κ3) is 17.9. The zero-order valence-corrected chi connectivity index (χ0v) is 13.8. The zero-order chi connectivity index (χ0) is 14.6. The molecule has 0 saturated heterocycles. The molecule has 0 aliphatic rings. The summed E-state index contributed by atoms with van der Waals surface area (Å²) in [5, 5.41) is 0. The number of nitrogens with zero attached hydrogens (tertiary/aromatic N) is 1. The Hall–Kier alpha value is -0.120. The van der Waals surface area contributed by atoms with Gasteiger partial charge in [0.2, 0.25) is 0 Å². The Morgan fingerprint density at radius 2 is 1.21 bits per heavy atom. The summed E-state index contributed by atoms with van der Waals surface area (Å²) in [5.74, 6) is 0. The van der Waals surface area contributed by atoms with Gasteiger partial charge in [-0.25, -0.2) is 9.78 Å². The summed E-state index contributed by atoms with van der Waals surface area (Å²) in [4.78, 5) is 12.7. The van der Waals surface area contributed by atoms with Crippen LogP contribution in [0.1, 0.15) is 72.1 Å². The van der Waals surface area contributed by atoms with E-state index in [2.05, 4.69) is 19.0 Å². The van der Waals surface area contributed by atoms with E-state index in [1.54, 1.807) is 0 Å². The van der Waals surface area contributed by atoms with Crippen LogP contribution in [0.3, 0.4) is 0 Å². The van der Waals surface area contributed by atoms with Crippen molar-refractivity contribution in [3.8, 4) is 0 Å². The number of hydrogen-bond donors (Lipinski definition) is 0. The highest BCUT2D eigenvalue weighted by Crippen LogP contribution is 2.10. The highest BCUT2D eigenvalue weighted by Gasteiger charge is 2.10. The molecule has 0 saturated carbocycles. The van der Waals surface area contributed by atoms with Crippen LogP contribution in [0.15, 0.2) is 0 Å². The van der Waals surface area contributed by atoms with Gasteiger partial charge >= 0.3 is 0 Å². The topological polar surface area (TPSA) is 21.7 Å². The Kier molecular flexibility index (Phi) is 11.6. The lowest BCUT2D eigenvalue weighted by Crippen LogP contribution is -2.19. The molecule has 0 aromatic carbocycles. The molecule has 116 valence electrons. The summed E-state index contributed by atoms with van der Waals surface area (Å²) in [7, 11) is 4.29. The van der Waals surface area contributed by atoms with Gasteiger partial charge in [0.25, 0.3) is 0 Å². The van der Waals surface area contributed by atoms with E-state index in [0.717, 1.165) is 13.0 Å². The van der Waals surface area contributed by atoms with Gasteiger partial charge in [-0.3, -0.25) is 0 Å². The SMILES string of the molecule is CN(C)CCCCCCCCCCOOC(C)(C)C. The third-order valence-electron chi connectivity index (χ3n) is 2.89. The van der Waals surface area contributed by atoms with Crippen molar-refractivity contribution < 1.29 is 9.78 Å². The molecule has 0 aromatic rings. The average molecular weight is 273 g/mol. The van der Waals surface area contributed by atoms with Crippen LogP contribution in [-0.4, -0.2) is 37.7 Å². The zero-order valence-electron chi connectivity index (χ0n) is 13.8. The highest BCUT2D eigenvalue weighted by atomic mass is 17.2. The van der Waals surface area contributed by atoms with E-state index in [1.165, 1.54) is 51.5 Å². The lowest BCUT2D eigenvalue weighted by molar-refractivity contribution is -0.348. The van der Waals surface area contributed by atoms with Gasteiger partial charge in [-0.15, -0.1) is 0 Å². The maximum absolute atomic E-state index is 5.22. The van der Waals surface area contributed by atoms with E-state index in [1.807, 2.05) is 20.8 Å². The van der Waals surface area contributed by atoms with E-state index >= 15 is 0 Å². The van der Waals surface area contributed by atoms with Gasteiger partial charge in [0.15, 0.2) is 0 Å². The normalized spacial score (nSPS) is 12.3. The molecule has 0 spiro atoms. The fourth-order valence-electron chi connectivity index (χ4n) is 1.87. The van der Waals surface area contributed by atoms with Crippen molar-refractivity contribution in [1.29, 1.82) is 0 Å². The predicted molar refractivity (Wildman–Crippen MR) is 82.3 cm³/mol. The first kappa shape index (κ1) is 18.9. The van der Waals surface area contributed by atoms with Crippen molar-refractivity contribution in [2.24, 2.45) is 0 Å². The van der Waals surface area contributed by atoms with Crippen LogP contribution in [-0.2, 0) is 9.78 Å². The monoisotopic (exact) mass is 273 g/mol. The van der Waals surface area contributed by atoms with Crippen LogP contribution in [0.25, 0.3) is 0 Å². The Morgan fingerprint density at radius 3 is 1.68 bits per heavy atom. The van der Waals surface area contributed by atoms with Gasteiger partial charge in [0.1, 0.15) is 0 Å². The molecule has 3 heteroatoms. The van der Waals surface area contributed by atoms with E-state index < -0.39 is 0 Å². The minimum atomic E-state index is -0.188. The van der Waals surface area contributed by atoms with E-state index in [9.17, 15) is 0 Å². The highest BCUT2D eigenvalue weighted by molar-refractivity contribution is 4.54. The summed E-state index contributed by atoms with van der Waals surface area (Å²) in [6.45, 7) is 7.96. The molecular formula is C16H35NO2. The molecule has 0 atom stereocenters. The first-order valence-electron chi connectivity index (χ1n) is 7.87. The third-order valence-corrected chi connectivity index (χ3v) is 2.89. The van der Waals surface area contributed by atoms with Crippen LogP contribution in [0, 0.1) is 0 Å². The van der Waals surface area contributed by atoms with Crippen LogP contribution in [0.5, 0.6) is 0 Å². The van der Waals surface area contributed by atoms with Gasteiger partial charge in [0, 0.05) is 0 Å². The van der Waals surface area contributed by atoms with Crippen molar-refractivity contribution in [3.05, 3.63) is 0 Å². The summed E-state index contributed by atoms with van der Waals surface area (Å²) in [5.41, 5.74) is -0.188. The van der Waals surface area contributed by atoms with Crippen molar-refractivity contribution in [2.45, 2.75) is 77.7 Å². The summed E-state index contributed by atoms with van der Waals surface area (Å²) in [6, 6.07) is 0. The molecule has 0 aromatic heterocycles. The minimum Gasteiger partial charge on any atom is -0.309 e. The molecule has 0 amide bonds. The maximum Gasteiger partial charge on any atom is 0.0952 e. The Balaban J connectivity index is 3.03. The van der Waals surface area contributed by atoms with Gasteiger partial charge < -0.3 is 4.90 Å². The number of hydrogen-bond acceptors (Lipinski definition) is 3. The Morgan fingerprint density at radius 1 is 0.737 bits per heavy atom. The summed E-state index contributed by atoms with van der Waals surface area (Å²) >= 11 is 0. The quantitative estimate of drug-likeness (QED) is 0.298. The second kappa shape index (κ2) is 11.7. The second-order valence-corrected chi connectivity index (χ2v) is 6.65. The fourth-order valence-corrected chi connectivity index (χ4v) is 1.87. The molecule has 0 fully saturated rings. The van der Waals surface area contributed by atoms with Crippen LogP contribution in [0.4, 0.5) is 0 Å². The van der Waals surface area contributed by atoms with Crippen molar-refractivity contribution in [2.75, 3.05) is 27.2 Å². The summed E-state index contributed by atoms with van der Waals surface area (Å²) < 4.78 is 0. The first-order valence-corrected chi connectivity index (χ1v) is 7.87. The van der Waals surface area contributed by atoms with Crippen LogP contribution < -0.4 is 0 Å². The lowest BCUT2D eigenvalue weighted by atomic mass is 10.1. The van der Waals surface area contributed by atoms with Gasteiger partial charge in [0.05, 0.1) is 12.2 Å². The molecule has 0 unspecified atom stereocenters. The fraction of sp³-hybridized carbons (Fsp3) is 1.00. The number of rotatable bonds is 12. The first-order chi connectivity index (χ1) is 8.92. The Labute approximate surface area is 120 Å². The van der Waals surface area contributed by atoms with Gasteiger partial charge in [-0.2, -0.15) is 0 Å². The van der Waals surface area contributed by atoms with Crippen molar-refractivity contribution in [3.63, 3.8) is 0 Å². The molecule has 19 heavy (non-hydrogen) atoms. The van der Waals surface area contributed by atoms with Crippen molar-refractivity contribution >= 4 is 0 Å². The van der Waals surface area contributed by atoms with Gasteiger partial charge in [-0.05, 0) is 54.3 Å². The standard InChI is InChI=1S/C16H35NO2/c1-16(2,3)19-18-15-13-11-9-7-6-8-10-12-14-17(4)5/h6-15H2,1-5H3. The largest absolute Gasteiger partial charge is 0.309 e. The molecule has 0 aliphatic carbocycles. The minimum absolute atomic E-state index is 0.188. The molecule has 0 rings (SSSR count). The molecule has 0 radical (unpaired) electrons. The average Bonchev–Trinajstić information content (AvgIpc) is 2.28. The van der Waals surface area contributed by atoms with Crippen LogP contribution in [0.2, 0.25) is 0 Å². The maximum atomic E-state index is 5.22. The molecule has 0 aliphatic heterocycles. The lowest BCUT2D eigenvalue weighted by Gasteiger charge is -2.17.